The molecule has 1 spiro atoms. The summed E-state index contributed by atoms with van der Waals surface area (Å²) in [5.41, 5.74) is -0.264. The van der Waals surface area contributed by atoms with Crippen LogP contribution in [-0.2, 0) is 4.79 Å². The third-order valence-corrected chi connectivity index (χ3v) is 5.31. The number of rotatable bonds is 4. The Bertz CT molecular complexity index is 290. The van der Waals surface area contributed by atoms with Gasteiger partial charge in [0.1, 0.15) is 5.54 Å². The average Bonchev–Trinajstić information content (AvgIpc) is 2.41. The van der Waals surface area contributed by atoms with Crippen molar-refractivity contribution < 1.29 is 4.79 Å². The zero-order valence-electron chi connectivity index (χ0n) is 11.5. The lowest BCUT2D eigenvalue weighted by molar-refractivity contribution is -0.131. The largest absolute Gasteiger partial charge is 0.353 e. The number of carbonyl (C=O) groups is 1. The van der Waals surface area contributed by atoms with E-state index in [9.17, 15) is 4.79 Å². The maximum atomic E-state index is 12.0. The van der Waals surface area contributed by atoms with Crippen LogP contribution < -0.4 is 10.6 Å². The van der Waals surface area contributed by atoms with E-state index in [4.69, 9.17) is 0 Å². The topological polar surface area (TPSA) is 44.4 Å². The molecule has 4 nitrogen and oxygen atoms in total. The van der Waals surface area contributed by atoms with Gasteiger partial charge in [0.15, 0.2) is 0 Å². The SMILES string of the molecule is CSC(C)CCN1CCC2(CC1)NCCNC2=O. The Morgan fingerprint density at radius 1 is 1.39 bits per heavy atom. The Balaban J connectivity index is 1.78. The highest BCUT2D eigenvalue weighted by atomic mass is 32.2. The molecule has 2 heterocycles. The number of thioether (sulfide) groups is 1. The van der Waals surface area contributed by atoms with Gasteiger partial charge >= 0.3 is 0 Å². The van der Waals surface area contributed by atoms with Crippen LogP contribution in [0, 0.1) is 0 Å². The van der Waals surface area contributed by atoms with E-state index in [1.165, 1.54) is 13.0 Å². The van der Waals surface area contributed by atoms with E-state index >= 15 is 0 Å². The first kappa shape index (κ1) is 14.2. The van der Waals surface area contributed by atoms with Gasteiger partial charge in [0.05, 0.1) is 0 Å². The molecule has 0 radical (unpaired) electrons. The summed E-state index contributed by atoms with van der Waals surface area (Å²) in [6.45, 7) is 7.22. The molecular weight excluding hydrogens is 246 g/mol. The zero-order chi connectivity index (χ0) is 13.0. The average molecular weight is 271 g/mol. The molecular formula is C13H25N3OS. The van der Waals surface area contributed by atoms with E-state index in [1.54, 1.807) is 0 Å². The molecule has 0 saturated carbocycles. The summed E-state index contributed by atoms with van der Waals surface area (Å²) in [6, 6.07) is 0. The second-order valence-electron chi connectivity index (χ2n) is 5.44. The Hall–Kier alpha value is -0.260. The second-order valence-corrected chi connectivity index (χ2v) is 6.72. The van der Waals surface area contributed by atoms with E-state index in [1.807, 2.05) is 11.8 Å². The van der Waals surface area contributed by atoms with Crippen molar-refractivity contribution in [3.63, 3.8) is 0 Å². The Morgan fingerprint density at radius 3 is 2.72 bits per heavy atom. The molecule has 1 unspecified atom stereocenters. The number of carbonyl (C=O) groups excluding carboxylic acids is 1. The molecule has 1 amide bonds. The van der Waals surface area contributed by atoms with Crippen molar-refractivity contribution in [2.75, 3.05) is 39.0 Å². The first-order valence-corrected chi connectivity index (χ1v) is 8.23. The van der Waals surface area contributed by atoms with Crippen LogP contribution >= 0.6 is 11.8 Å². The summed E-state index contributed by atoms with van der Waals surface area (Å²) < 4.78 is 0. The molecule has 2 aliphatic heterocycles. The predicted molar refractivity (Wildman–Crippen MR) is 77.0 cm³/mol. The van der Waals surface area contributed by atoms with Gasteiger partial charge in [0.2, 0.25) is 5.91 Å². The molecule has 0 aromatic heterocycles. The van der Waals surface area contributed by atoms with Gasteiger partial charge in [0.25, 0.3) is 0 Å². The number of likely N-dealkylation sites (tertiary alicyclic amines) is 1. The van der Waals surface area contributed by atoms with Crippen LogP contribution in [0.5, 0.6) is 0 Å². The van der Waals surface area contributed by atoms with Crippen LogP contribution in [0.15, 0.2) is 0 Å². The van der Waals surface area contributed by atoms with Gasteiger partial charge in [-0.3, -0.25) is 4.79 Å². The zero-order valence-corrected chi connectivity index (χ0v) is 12.3. The van der Waals surface area contributed by atoms with Crippen molar-refractivity contribution in [3.8, 4) is 0 Å². The normalized spacial score (nSPS) is 26.0. The minimum absolute atomic E-state index is 0.214. The molecule has 0 aliphatic carbocycles. The van der Waals surface area contributed by atoms with Gasteiger partial charge in [0, 0.05) is 31.4 Å². The summed E-state index contributed by atoms with van der Waals surface area (Å²) in [5.74, 6) is 0.214. The van der Waals surface area contributed by atoms with E-state index < -0.39 is 0 Å². The van der Waals surface area contributed by atoms with Crippen LogP contribution in [0.1, 0.15) is 26.2 Å². The first-order chi connectivity index (χ1) is 8.66. The third-order valence-electron chi connectivity index (χ3n) is 4.27. The fourth-order valence-corrected chi connectivity index (χ4v) is 3.11. The van der Waals surface area contributed by atoms with Crippen LogP contribution in [0.4, 0.5) is 0 Å². The minimum Gasteiger partial charge on any atom is -0.353 e. The molecule has 104 valence electrons. The Kier molecular flexibility index (Phi) is 4.92. The molecule has 5 heteroatoms. The van der Waals surface area contributed by atoms with Gasteiger partial charge in [-0.1, -0.05) is 6.92 Å². The highest BCUT2D eigenvalue weighted by molar-refractivity contribution is 7.99. The van der Waals surface area contributed by atoms with Gasteiger partial charge in [-0.05, 0) is 32.1 Å². The van der Waals surface area contributed by atoms with Crippen LogP contribution in [0.2, 0.25) is 0 Å². The Labute approximate surface area is 114 Å². The predicted octanol–water partition coefficient (Wildman–Crippen LogP) is 0.682. The van der Waals surface area contributed by atoms with Gasteiger partial charge < -0.3 is 15.5 Å². The molecule has 2 rings (SSSR count). The maximum Gasteiger partial charge on any atom is 0.240 e. The van der Waals surface area contributed by atoms with E-state index in [-0.39, 0.29) is 11.4 Å². The summed E-state index contributed by atoms with van der Waals surface area (Å²) in [6.07, 6.45) is 5.32. The standard InChI is InChI=1S/C13H25N3OS/c1-11(18-2)3-8-16-9-4-13(5-10-16)12(17)14-6-7-15-13/h11,15H,3-10H2,1-2H3,(H,14,17). The molecule has 2 aliphatic rings. The molecule has 0 aromatic rings. The molecule has 2 saturated heterocycles. The van der Waals surface area contributed by atoms with Crippen molar-refractivity contribution >= 4 is 17.7 Å². The van der Waals surface area contributed by atoms with Crippen molar-refractivity contribution in [1.82, 2.24) is 15.5 Å². The van der Waals surface area contributed by atoms with Crippen LogP contribution in [-0.4, -0.2) is 60.6 Å². The maximum absolute atomic E-state index is 12.0. The van der Waals surface area contributed by atoms with Gasteiger partial charge in [-0.2, -0.15) is 11.8 Å². The highest BCUT2D eigenvalue weighted by Crippen LogP contribution is 2.24. The lowest BCUT2D eigenvalue weighted by Gasteiger charge is -2.43. The summed E-state index contributed by atoms with van der Waals surface area (Å²) >= 11 is 1.93. The minimum atomic E-state index is -0.264. The molecule has 0 aromatic carbocycles. The quantitative estimate of drug-likeness (QED) is 0.789. The molecule has 0 bridgehead atoms. The van der Waals surface area contributed by atoms with Crippen LogP contribution in [0.25, 0.3) is 0 Å². The van der Waals surface area contributed by atoms with E-state index in [2.05, 4.69) is 28.7 Å². The van der Waals surface area contributed by atoms with E-state index in [0.717, 1.165) is 44.3 Å². The molecule has 1 atom stereocenters. The van der Waals surface area contributed by atoms with Crippen molar-refractivity contribution in [2.24, 2.45) is 0 Å². The summed E-state index contributed by atoms with van der Waals surface area (Å²) in [7, 11) is 0. The van der Waals surface area contributed by atoms with Crippen molar-refractivity contribution in [3.05, 3.63) is 0 Å². The lowest BCUT2D eigenvalue weighted by atomic mass is 9.85. The van der Waals surface area contributed by atoms with Gasteiger partial charge in [-0.15, -0.1) is 0 Å². The monoisotopic (exact) mass is 271 g/mol. The number of hydrogen-bond donors (Lipinski definition) is 2. The fourth-order valence-electron chi connectivity index (χ4n) is 2.77. The van der Waals surface area contributed by atoms with Crippen molar-refractivity contribution in [2.45, 2.75) is 37.0 Å². The van der Waals surface area contributed by atoms with Crippen LogP contribution in [0.3, 0.4) is 0 Å². The number of amides is 1. The summed E-state index contributed by atoms with van der Waals surface area (Å²) in [4.78, 5) is 14.5. The second kappa shape index (κ2) is 6.26. The Morgan fingerprint density at radius 2 is 2.11 bits per heavy atom. The highest BCUT2D eigenvalue weighted by Gasteiger charge is 2.42. The number of nitrogens with one attached hydrogen (secondary N) is 2. The number of piperidine rings is 1. The number of piperazine rings is 1. The number of hydrogen-bond acceptors (Lipinski definition) is 4. The fraction of sp³-hybridized carbons (Fsp3) is 0.923. The molecule has 2 fully saturated rings. The molecule has 18 heavy (non-hydrogen) atoms. The first-order valence-electron chi connectivity index (χ1n) is 6.95. The van der Waals surface area contributed by atoms with Crippen molar-refractivity contribution in [1.29, 1.82) is 0 Å². The number of nitrogens with zero attached hydrogens (tertiary/aromatic N) is 1. The third kappa shape index (κ3) is 3.19. The molecule has 2 N–H and O–H groups in total. The van der Waals surface area contributed by atoms with E-state index in [0.29, 0.717) is 0 Å². The van der Waals surface area contributed by atoms with Gasteiger partial charge in [-0.25, -0.2) is 0 Å². The summed E-state index contributed by atoms with van der Waals surface area (Å²) in [5, 5.41) is 7.16. The lowest BCUT2D eigenvalue weighted by Crippen LogP contribution is -2.66. The smallest absolute Gasteiger partial charge is 0.240 e.